The topological polar surface area (TPSA) is 27.7 Å². The van der Waals surface area contributed by atoms with Crippen molar-refractivity contribution in [1.29, 1.82) is 0 Å². The van der Waals surface area contributed by atoms with Gasteiger partial charge in [0.05, 0.1) is 6.10 Å². The van der Waals surface area contributed by atoms with E-state index in [0.29, 0.717) is 13.2 Å². The van der Waals surface area contributed by atoms with E-state index in [9.17, 15) is 0 Å². The summed E-state index contributed by atoms with van der Waals surface area (Å²) in [5.74, 6) is 1.64. The molecule has 0 amide bonds. The highest BCUT2D eigenvalue weighted by Gasteiger charge is 2.13. The Kier molecular flexibility index (Phi) is 2.59. The van der Waals surface area contributed by atoms with Crippen LogP contribution in [0.5, 0.6) is 11.5 Å². The third-order valence-corrected chi connectivity index (χ3v) is 2.39. The number of benzene rings is 1. The maximum Gasteiger partial charge on any atom is 0.161 e. The van der Waals surface area contributed by atoms with Crippen molar-refractivity contribution in [2.75, 3.05) is 20.3 Å². The highest BCUT2D eigenvalue weighted by atomic mass is 16.6. The molecule has 76 valence electrons. The summed E-state index contributed by atoms with van der Waals surface area (Å²) in [5, 5.41) is 0. The van der Waals surface area contributed by atoms with E-state index in [2.05, 4.69) is 0 Å². The van der Waals surface area contributed by atoms with Crippen molar-refractivity contribution in [2.24, 2.45) is 0 Å². The summed E-state index contributed by atoms with van der Waals surface area (Å²) in [6.45, 7) is 3.26. The van der Waals surface area contributed by atoms with Gasteiger partial charge in [0.15, 0.2) is 11.5 Å². The summed E-state index contributed by atoms with van der Waals surface area (Å²) in [4.78, 5) is 0. The van der Waals surface area contributed by atoms with Crippen LogP contribution in [0.3, 0.4) is 0 Å². The average molecular weight is 194 g/mol. The van der Waals surface area contributed by atoms with Crippen molar-refractivity contribution in [1.82, 2.24) is 0 Å². The number of hydrogen-bond donors (Lipinski definition) is 0. The molecule has 0 aromatic heterocycles. The molecule has 14 heavy (non-hydrogen) atoms. The number of ether oxygens (including phenoxy) is 3. The molecule has 0 bridgehead atoms. The van der Waals surface area contributed by atoms with Crippen LogP contribution in [0, 0.1) is 0 Å². The first kappa shape index (κ1) is 9.34. The zero-order valence-electron chi connectivity index (χ0n) is 8.45. The minimum Gasteiger partial charge on any atom is -0.486 e. The molecule has 0 spiro atoms. The fourth-order valence-corrected chi connectivity index (χ4v) is 1.45. The van der Waals surface area contributed by atoms with E-state index in [0.717, 1.165) is 17.1 Å². The molecule has 0 fully saturated rings. The molecule has 0 radical (unpaired) electrons. The van der Waals surface area contributed by atoms with Crippen molar-refractivity contribution in [3.63, 3.8) is 0 Å². The van der Waals surface area contributed by atoms with E-state index in [1.807, 2.05) is 25.1 Å². The monoisotopic (exact) mass is 194 g/mol. The van der Waals surface area contributed by atoms with Crippen LogP contribution in [0.1, 0.15) is 18.6 Å². The van der Waals surface area contributed by atoms with Crippen molar-refractivity contribution in [3.05, 3.63) is 23.8 Å². The smallest absolute Gasteiger partial charge is 0.161 e. The van der Waals surface area contributed by atoms with Crippen LogP contribution in [0.15, 0.2) is 18.2 Å². The summed E-state index contributed by atoms with van der Waals surface area (Å²) in [6, 6.07) is 5.91. The molecule has 0 saturated carbocycles. The Hall–Kier alpha value is -1.22. The van der Waals surface area contributed by atoms with Crippen LogP contribution >= 0.6 is 0 Å². The van der Waals surface area contributed by atoms with E-state index < -0.39 is 0 Å². The molecule has 0 aliphatic carbocycles. The van der Waals surface area contributed by atoms with E-state index in [4.69, 9.17) is 14.2 Å². The molecule has 0 saturated heterocycles. The molecule has 1 aromatic carbocycles. The number of rotatable bonds is 2. The van der Waals surface area contributed by atoms with Crippen LogP contribution in [-0.4, -0.2) is 20.3 Å². The van der Waals surface area contributed by atoms with Gasteiger partial charge in [0.2, 0.25) is 0 Å². The van der Waals surface area contributed by atoms with Gasteiger partial charge in [-0.05, 0) is 24.6 Å². The quantitative estimate of drug-likeness (QED) is 0.722. The molecule has 1 unspecified atom stereocenters. The second-order valence-electron chi connectivity index (χ2n) is 3.28. The van der Waals surface area contributed by atoms with Gasteiger partial charge in [-0.1, -0.05) is 6.07 Å². The average Bonchev–Trinajstić information content (AvgIpc) is 2.27. The summed E-state index contributed by atoms with van der Waals surface area (Å²) < 4.78 is 16.1. The Morgan fingerprint density at radius 3 is 2.64 bits per heavy atom. The number of fused-ring (bicyclic) bond motifs is 1. The molecule has 1 aromatic rings. The zero-order valence-corrected chi connectivity index (χ0v) is 8.45. The van der Waals surface area contributed by atoms with Gasteiger partial charge in [-0.15, -0.1) is 0 Å². The van der Waals surface area contributed by atoms with Crippen LogP contribution in [0.4, 0.5) is 0 Å². The fraction of sp³-hybridized carbons (Fsp3) is 0.455. The van der Waals surface area contributed by atoms with E-state index in [1.54, 1.807) is 7.11 Å². The first-order valence-electron chi connectivity index (χ1n) is 4.73. The summed E-state index contributed by atoms with van der Waals surface area (Å²) in [6.07, 6.45) is 0.0887. The Balaban J connectivity index is 2.29. The van der Waals surface area contributed by atoms with Crippen LogP contribution < -0.4 is 9.47 Å². The highest BCUT2D eigenvalue weighted by Crippen LogP contribution is 2.33. The Morgan fingerprint density at radius 1 is 1.21 bits per heavy atom. The summed E-state index contributed by atoms with van der Waals surface area (Å²) in [5.41, 5.74) is 1.11. The molecule has 3 heteroatoms. The lowest BCUT2D eigenvalue weighted by Gasteiger charge is -2.20. The van der Waals surface area contributed by atoms with Crippen molar-refractivity contribution in [3.8, 4) is 11.5 Å². The minimum absolute atomic E-state index is 0.0887. The normalized spacial score (nSPS) is 16.4. The van der Waals surface area contributed by atoms with E-state index in [-0.39, 0.29) is 6.10 Å². The van der Waals surface area contributed by atoms with Gasteiger partial charge in [-0.2, -0.15) is 0 Å². The molecule has 1 aliphatic heterocycles. The molecule has 3 nitrogen and oxygen atoms in total. The first-order chi connectivity index (χ1) is 6.81. The van der Waals surface area contributed by atoms with Crippen LogP contribution in [0.25, 0.3) is 0 Å². The third kappa shape index (κ3) is 1.68. The SMILES string of the molecule is COC(C)c1ccc2c(c1)OCCO2. The van der Waals surface area contributed by atoms with Crippen LogP contribution in [-0.2, 0) is 4.74 Å². The molecule has 1 aliphatic rings. The molecule has 1 atom stereocenters. The van der Waals surface area contributed by atoms with Gasteiger partial charge in [-0.25, -0.2) is 0 Å². The van der Waals surface area contributed by atoms with Crippen molar-refractivity contribution >= 4 is 0 Å². The second kappa shape index (κ2) is 3.88. The lowest BCUT2D eigenvalue weighted by Crippen LogP contribution is -2.15. The lowest BCUT2D eigenvalue weighted by molar-refractivity contribution is 0.118. The van der Waals surface area contributed by atoms with E-state index >= 15 is 0 Å². The van der Waals surface area contributed by atoms with Gasteiger partial charge in [0.25, 0.3) is 0 Å². The van der Waals surface area contributed by atoms with Gasteiger partial charge < -0.3 is 14.2 Å². The zero-order chi connectivity index (χ0) is 9.97. The Morgan fingerprint density at radius 2 is 1.93 bits per heavy atom. The number of methoxy groups -OCH3 is 1. The van der Waals surface area contributed by atoms with Crippen LogP contribution in [0.2, 0.25) is 0 Å². The number of hydrogen-bond acceptors (Lipinski definition) is 3. The maximum absolute atomic E-state index is 5.48. The Labute approximate surface area is 83.6 Å². The van der Waals surface area contributed by atoms with Gasteiger partial charge in [-0.3, -0.25) is 0 Å². The molecule has 2 rings (SSSR count). The molecule has 1 heterocycles. The molecular weight excluding hydrogens is 180 g/mol. The first-order valence-corrected chi connectivity index (χ1v) is 4.73. The largest absolute Gasteiger partial charge is 0.486 e. The minimum atomic E-state index is 0.0887. The third-order valence-electron chi connectivity index (χ3n) is 2.39. The van der Waals surface area contributed by atoms with Gasteiger partial charge in [0.1, 0.15) is 13.2 Å². The van der Waals surface area contributed by atoms with Gasteiger partial charge in [0, 0.05) is 7.11 Å². The fourth-order valence-electron chi connectivity index (χ4n) is 1.45. The highest BCUT2D eigenvalue weighted by molar-refractivity contribution is 5.44. The Bertz CT molecular complexity index is 322. The van der Waals surface area contributed by atoms with E-state index in [1.165, 1.54) is 0 Å². The van der Waals surface area contributed by atoms with Gasteiger partial charge >= 0.3 is 0 Å². The molecular formula is C11H14O3. The second-order valence-corrected chi connectivity index (χ2v) is 3.28. The molecule has 0 N–H and O–H groups in total. The predicted molar refractivity (Wildman–Crippen MR) is 52.9 cm³/mol. The maximum atomic E-state index is 5.48. The standard InChI is InChI=1S/C11H14O3/c1-8(12-2)9-3-4-10-11(7-9)14-6-5-13-10/h3-4,7-8H,5-6H2,1-2H3. The lowest BCUT2D eigenvalue weighted by atomic mass is 10.1. The summed E-state index contributed by atoms with van der Waals surface area (Å²) >= 11 is 0. The van der Waals surface area contributed by atoms with Crippen molar-refractivity contribution in [2.45, 2.75) is 13.0 Å². The predicted octanol–water partition coefficient (Wildman–Crippen LogP) is 2.17. The van der Waals surface area contributed by atoms with Crippen molar-refractivity contribution < 1.29 is 14.2 Å². The summed E-state index contributed by atoms with van der Waals surface area (Å²) in [7, 11) is 1.70.